The van der Waals surface area contributed by atoms with E-state index in [-0.39, 0.29) is 0 Å². The molecule has 1 aromatic carbocycles. The zero-order valence-corrected chi connectivity index (χ0v) is 9.99. The van der Waals surface area contributed by atoms with Gasteiger partial charge in [-0.15, -0.1) is 5.10 Å². The van der Waals surface area contributed by atoms with Gasteiger partial charge in [0, 0.05) is 17.3 Å². The summed E-state index contributed by atoms with van der Waals surface area (Å²) in [6, 6.07) is 8.29. The van der Waals surface area contributed by atoms with Gasteiger partial charge in [0.15, 0.2) is 5.82 Å². The van der Waals surface area contributed by atoms with Crippen LogP contribution in [0, 0.1) is 0 Å². The van der Waals surface area contributed by atoms with Crippen LogP contribution in [0.2, 0.25) is 0 Å². The molecule has 0 aliphatic carbocycles. The van der Waals surface area contributed by atoms with Crippen molar-refractivity contribution in [1.82, 2.24) is 10.2 Å². The number of fused-ring (bicyclic) bond motifs is 1. The topological polar surface area (TPSA) is 37.8 Å². The number of hydrogen-bond acceptors (Lipinski definition) is 3. The Balaban J connectivity index is 2.67. The fourth-order valence-electron chi connectivity index (χ4n) is 1.85. The highest BCUT2D eigenvalue weighted by Crippen LogP contribution is 2.26. The minimum atomic E-state index is 0.396. The number of hydrogen-bond donors (Lipinski definition) is 1. The molecule has 16 heavy (non-hydrogen) atoms. The van der Waals surface area contributed by atoms with Gasteiger partial charge in [-0.05, 0) is 12.8 Å². The summed E-state index contributed by atoms with van der Waals surface area (Å²) in [5.74, 6) is 1.27. The molecule has 0 spiro atoms. The molecule has 3 nitrogen and oxygen atoms in total. The van der Waals surface area contributed by atoms with Crippen molar-refractivity contribution in [3.8, 4) is 0 Å². The normalized spacial score (nSPS) is 11.0. The third-order valence-electron chi connectivity index (χ3n) is 2.61. The molecule has 2 aromatic rings. The maximum absolute atomic E-state index is 4.31. The van der Waals surface area contributed by atoms with Gasteiger partial charge < -0.3 is 5.32 Å². The van der Waals surface area contributed by atoms with Crippen LogP contribution in [0.4, 0.5) is 5.82 Å². The number of rotatable bonds is 3. The third kappa shape index (κ3) is 1.85. The maximum Gasteiger partial charge on any atom is 0.156 e. The summed E-state index contributed by atoms with van der Waals surface area (Å²) >= 11 is 0. The molecule has 1 heterocycles. The lowest BCUT2D eigenvalue weighted by Gasteiger charge is -2.11. The lowest BCUT2D eigenvalue weighted by molar-refractivity contribution is 0.799. The molecule has 84 valence electrons. The lowest BCUT2D eigenvalue weighted by Crippen LogP contribution is -2.04. The van der Waals surface area contributed by atoms with E-state index in [0.29, 0.717) is 5.92 Å². The molecular formula is C13H17N3. The Morgan fingerprint density at radius 2 is 1.81 bits per heavy atom. The van der Waals surface area contributed by atoms with Gasteiger partial charge >= 0.3 is 0 Å². The average Bonchev–Trinajstić information content (AvgIpc) is 2.29. The molecule has 0 aliphatic rings. The number of nitrogens with zero attached hydrogens (tertiary/aromatic N) is 2. The van der Waals surface area contributed by atoms with E-state index in [1.807, 2.05) is 12.1 Å². The zero-order chi connectivity index (χ0) is 11.5. The number of nitrogens with one attached hydrogen (secondary N) is 1. The molecule has 3 heteroatoms. The number of benzene rings is 1. The summed E-state index contributed by atoms with van der Waals surface area (Å²) < 4.78 is 0. The van der Waals surface area contributed by atoms with Gasteiger partial charge in [-0.2, -0.15) is 5.10 Å². The number of aromatic nitrogens is 2. The van der Waals surface area contributed by atoms with Crippen LogP contribution in [-0.2, 0) is 0 Å². The smallest absolute Gasteiger partial charge is 0.156 e. The first-order valence-corrected chi connectivity index (χ1v) is 5.73. The number of anilines is 1. The third-order valence-corrected chi connectivity index (χ3v) is 2.61. The first-order chi connectivity index (χ1) is 7.74. The molecule has 1 aromatic heterocycles. The summed E-state index contributed by atoms with van der Waals surface area (Å²) in [5, 5.41) is 14.2. The maximum atomic E-state index is 4.31. The summed E-state index contributed by atoms with van der Waals surface area (Å²) in [5.41, 5.74) is 1.07. The Labute approximate surface area is 95.9 Å². The Kier molecular flexibility index (Phi) is 3.04. The molecule has 0 aliphatic heterocycles. The van der Waals surface area contributed by atoms with Gasteiger partial charge in [-0.3, -0.25) is 0 Å². The van der Waals surface area contributed by atoms with Crippen LogP contribution in [0.3, 0.4) is 0 Å². The van der Waals surface area contributed by atoms with Crippen molar-refractivity contribution in [2.45, 2.75) is 26.7 Å². The van der Waals surface area contributed by atoms with Crippen LogP contribution in [0.25, 0.3) is 10.8 Å². The Bertz CT molecular complexity index is 492. The molecule has 0 saturated carbocycles. The van der Waals surface area contributed by atoms with Crippen LogP contribution in [-0.4, -0.2) is 16.7 Å². The van der Waals surface area contributed by atoms with Crippen LogP contribution < -0.4 is 5.32 Å². The monoisotopic (exact) mass is 215 g/mol. The van der Waals surface area contributed by atoms with Crippen molar-refractivity contribution in [3.63, 3.8) is 0 Å². The SMILES string of the molecule is CCNc1nnc(C(C)C)c2ccccc12. The fraction of sp³-hybridized carbons (Fsp3) is 0.385. The molecule has 0 unspecified atom stereocenters. The highest BCUT2D eigenvalue weighted by Gasteiger charge is 2.10. The van der Waals surface area contributed by atoms with E-state index < -0.39 is 0 Å². The van der Waals surface area contributed by atoms with Gasteiger partial charge in [0.25, 0.3) is 0 Å². The predicted molar refractivity (Wildman–Crippen MR) is 67.8 cm³/mol. The average molecular weight is 215 g/mol. The molecule has 1 N–H and O–H groups in total. The van der Waals surface area contributed by atoms with E-state index in [0.717, 1.165) is 23.4 Å². The minimum absolute atomic E-state index is 0.396. The van der Waals surface area contributed by atoms with Gasteiger partial charge in [0.2, 0.25) is 0 Å². The van der Waals surface area contributed by atoms with Crippen LogP contribution in [0.1, 0.15) is 32.4 Å². The molecule has 0 radical (unpaired) electrons. The van der Waals surface area contributed by atoms with Crippen molar-refractivity contribution in [3.05, 3.63) is 30.0 Å². The van der Waals surface area contributed by atoms with Gasteiger partial charge in [-0.25, -0.2) is 0 Å². The summed E-state index contributed by atoms with van der Waals surface area (Å²) in [6.45, 7) is 7.21. The fourth-order valence-corrected chi connectivity index (χ4v) is 1.85. The van der Waals surface area contributed by atoms with Crippen LogP contribution in [0.15, 0.2) is 24.3 Å². The van der Waals surface area contributed by atoms with Gasteiger partial charge in [-0.1, -0.05) is 38.1 Å². The van der Waals surface area contributed by atoms with Gasteiger partial charge in [0.05, 0.1) is 5.69 Å². The first kappa shape index (κ1) is 10.9. The second kappa shape index (κ2) is 4.47. The Morgan fingerprint density at radius 1 is 1.12 bits per heavy atom. The summed E-state index contributed by atoms with van der Waals surface area (Å²) in [7, 11) is 0. The summed E-state index contributed by atoms with van der Waals surface area (Å²) in [4.78, 5) is 0. The van der Waals surface area contributed by atoms with E-state index in [2.05, 4.69) is 48.4 Å². The van der Waals surface area contributed by atoms with E-state index in [1.54, 1.807) is 0 Å². The largest absolute Gasteiger partial charge is 0.368 e. The second-order valence-electron chi connectivity index (χ2n) is 4.16. The quantitative estimate of drug-likeness (QED) is 0.854. The highest BCUT2D eigenvalue weighted by atomic mass is 15.2. The van der Waals surface area contributed by atoms with E-state index >= 15 is 0 Å². The van der Waals surface area contributed by atoms with Gasteiger partial charge in [0.1, 0.15) is 0 Å². The Hall–Kier alpha value is -1.64. The van der Waals surface area contributed by atoms with Crippen LogP contribution >= 0.6 is 0 Å². The molecule has 0 saturated heterocycles. The van der Waals surface area contributed by atoms with Crippen molar-refractivity contribution in [2.24, 2.45) is 0 Å². The summed E-state index contributed by atoms with van der Waals surface area (Å²) in [6.07, 6.45) is 0. The highest BCUT2D eigenvalue weighted by molar-refractivity contribution is 5.93. The minimum Gasteiger partial charge on any atom is -0.368 e. The second-order valence-corrected chi connectivity index (χ2v) is 4.16. The standard InChI is InChI=1S/C13H17N3/c1-4-14-13-11-8-6-5-7-10(11)12(9(2)3)15-16-13/h5-9H,4H2,1-3H3,(H,14,16). The molecule has 2 rings (SSSR count). The van der Waals surface area contributed by atoms with Crippen LogP contribution in [0.5, 0.6) is 0 Å². The van der Waals surface area contributed by atoms with E-state index in [1.165, 1.54) is 5.39 Å². The van der Waals surface area contributed by atoms with Crippen molar-refractivity contribution in [2.75, 3.05) is 11.9 Å². The first-order valence-electron chi connectivity index (χ1n) is 5.73. The Morgan fingerprint density at radius 3 is 2.44 bits per heavy atom. The molecule has 0 atom stereocenters. The molecule has 0 fully saturated rings. The van der Waals surface area contributed by atoms with Crippen molar-refractivity contribution in [1.29, 1.82) is 0 Å². The van der Waals surface area contributed by atoms with Crippen molar-refractivity contribution < 1.29 is 0 Å². The van der Waals surface area contributed by atoms with Crippen molar-refractivity contribution >= 4 is 16.6 Å². The molecule has 0 bridgehead atoms. The predicted octanol–water partition coefficient (Wildman–Crippen LogP) is 3.19. The lowest BCUT2D eigenvalue weighted by atomic mass is 10.0. The zero-order valence-electron chi connectivity index (χ0n) is 9.99. The molecular weight excluding hydrogens is 198 g/mol. The van der Waals surface area contributed by atoms with E-state index in [4.69, 9.17) is 0 Å². The van der Waals surface area contributed by atoms with E-state index in [9.17, 15) is 0 Å². The molecule has 0 amide bonds.